The normalized spacial score (nSPS) is 13.5. The van der Waals surface area contributed by atoms with Gasteiger partial charge in [0, 0.05) is 5.69 Å². The summed E-state index contributed by atoms with van der Waals surface area (Å²) in [6.45, 7) is 2.26. The lowest BCUT2D eigenvalue weighted by Gasteiger charge is -2.18. The predicted octanol–water partition coefficient (Wildman–Crippen LogP) is 1.09. The summed E-state index contributed by atoms with van der Waals surface area (Å²) in [5.41, 5.74) is -1.19. The van der Waals surface area contributed by atoms with Gasteiger partial charge in [-0.2, -0.15) is 0 Å². The third-order valence-corrected chi connectivity index (χ3v) is 2.35. The van der Waals surface area contributed by atoms with Crippen LogP contribution in [-0.2, 0) is 4.79 Å². The second-order valence-electron chi connectivity index (χ2n) is 4.40. The Balaban J connectivity index is 2.59. The number of carboxylic acid groups (broad SMARTS) is 1. The summed E-state index contributed by atoms with van der Waals surface area (Å²) in [5.74, 6) is -1.94. The fourth-order valence-electron chi connectivity index (χ4n) is 1.31. The molecule has 1 atom stereocenters. The quantitative estimate of drug-likeness (QED) is 0.658. The van der Waals surface area contributed by atoms with Crippen molar-refractivity contribution in [3.05, 3.63) is 29.6 Å². The molecule has 0 bridgehead atoms. The summed E-state index contributed by atoms with van der Waals surface area (Å²) >= 11 is 0. The highest BCUT2D eigenvalue weighted by Crippen LogP contribution is 2.13. The van der Waals surface area contributed by atoms with Crippen LogP contribution in [0, 0.1) is 12.7 Å². The lowest BCUT2D eigenvalue weighted by Crippen LogP contribution is -2.47. The van der Waals surface area contributed by atoms with E-state index < -0.39 is 30.0 Å². The molecule has 6 nitrogen and oxygen atoms in total. The molecule has 0 heterocycles. The first-order chi connectivity index (χ1) is 8.70. The second-order valence-corrected chi connectivity index (χ2v) is 4.40. The smallest absolute Gasteiger partial charge is 0.337 e. The van der Waals surface area contributed by atoms with E-state index in [1.54, 1.807) is 13.0 Å². The van der Waals surface area contributed by atoms with E-state index in [4.69, 9.17) is 5.11 Å². The van der Waals surface area contributed by atoms with E-state index >= 15 is 0 Å². The van der Waals surface area contributed by atoms with Crippen LogP contribution >= 0.6 is 0 Å². The largest absolute Gasteiger partial charge is 0.479 e. The van der Waals surface area contributed by atoms with Crippen molar-refractivity contribution in [1.82, 2.24) is 5.32 Å². The highest BCUT2D eigenvalue weighted by atomic mass is 19.1. The molecule has 0 aromatic heterocycles. The minimum absolute atomic E-state index is 0.241. The monoisotopic (exact) mass is 270 g/mol. The highest BCUT2D eigenvalue weighted by molar-refractivity contribution is 5.90. The Kier molecular flexibility index (Phi) is 4.44. The summed E-state index contributed by atoms with van der Waals surface area (Å²) < 4.78 is 13.1. The van der Waals surface area contributed by atoms with Crippen molar-refractivity contribution in [2.75, 3.05) is 11.9 Å². The molecule has 0 saturated carbocycles. The number of carboxylic acids is 1. The maximum Gasteiger partial charge on any atom is 0.337 e. The van der Waals surface area contributed by atoms with Crippen LogP contribution in [0.4, 0.5) is 14.9 Å². The van der Waals surface area contributed by atoms with E-state index in [0.717, 1.165) is 13.0 Å². The molecule has 0 aliphatic carbocycles. The van der Waals surface area contributed by atoms with Crippen molar-refractivity contribution in [3.8, 4) is 0 Å². The first-order valence-electron chi connectivity index (χ1n) is 5.48. The number of nitrogens with one attached hydrogen (secondary N) is 2. The number of urea groups is 1. The molecule has 0 aliphatic heterocycles. The minimum Gasteiger partial charge on any atom is -0.479 e. The minimum atomic E-state index is -2.06. The number of aliphatic carboxylic acids is 1. The number of aliphatic hydroxyl groups is 1. The van der Waals surface area contributed by atoms with Gasteiger partial charge >= 0.3 is 12.0 Å². The fourth-order valence-corrected chi connectivity index (χ4v) is 1.31. The maximum atomic E-state index is 13.1. The summed E-state index contributed by atoms with van der Waals surface area (Å²) in [5, 5.41) is 22.6. The molecule has 1 aromatic carbocycles. The molecule has 0 radical (unpaired) electrons. The van der Waals surface area contributed by atoms with Crippen molar-refractivity contribution < 1.29 is 24.2 Å². The summed E-state index contributed by atoms with van der Waals surface area (Å²) in [6.07, 6.45) is 0. The zero-order chi connectivity index (χ0) is 14.6. The van der Waals surface area contributed by atoms with E-state index in [1.165, 1.54) is 6.07 Å². The van der Waals surface area contributed by atoms with Crippen molar-refractivity contribution in [2.45, 2.75) is 19.4 Å². The van der Waals surface area contributed by atoms with E-state index in [0.29, 0.717) is 5.56 Å². The van der Waals surface area contributed by atoms with Crippen LogP contribution in [-0.4, -0.2) is 34.4 Å². The third kappa shape index (κ3) is 4.55. The van der Waals surface area contributed by atoms with Gasteiger partial charge in [-0.15, -0.1) is 0 Å². The summed E-state index contributed by atoms with van der Waals surface area (Å²) in [4.78, 5) is 22.1. The van der Waals surface area contributed by atoms with Gasteiger partial charge in [-0.05, 0) is 37.6 Å². The first-order valence-corrected chi connectivity index (χ1v) is 5.48. The molecule has 0 spiro atoms. The average molecular weight is 270 g/mol. The van der Waals surface area contributed by atoms with Gasteiger partial charge in [-0.3, -0.25) is 0 Å². The number of halogens is 1. The molecule has 0 aliphatic rings. The van der Waals surface area contributed by atoms with Gasteiger partial charge in [0.2, 0.25) is 0 Å². The Labute approximate surface area is 109 Å². The number of carbonyl (C=O) groups is 2. The van der Waals surface area contributed by atoms with Crippen molar-refractivity contribution in [3.63, 3.8) is 0 Å². The SMILES string of the molecule is Cc1cc(F)cc(NC(=O)NCC(C)(O)C(=O)O)c1. The molecular formula is C12H15FN2O4. The molecule has 0 saturated heterocycles. The Hall–Kier alpha value is -2.15. The van der Waals surface area contributed by atoms with Gasteiger partial charge in [0.15, 0.2) is 5.60 Å². The molecule has 1 aromatic rings. The Morgan fingerprint density at radius 1 is 1.37 bits per heavy atom. The molecule has 104 valence electrons. The molecule has 1 unspecified atom stereocenters. The van der Waals surface area contributed by atoms with E-state index in [1.807, 2.05) is 0 Å². The van der Waals surface area contributed by atoms with Crippen molar-refractivity contribution in [1.29, 1.82) is 0 Å². The first kappa shape index (κ1) is 14.9. The number of amides is 2. The zero-order valence-electron chi connectivity index (χ0n) is 10.5. The Bertz CT molecular complexity index is 482. The lowest BCUT2D eigenvalue weighted by atomic mass is 10.1. The van der Waals surface area contributed by atoms with Gasteiger partial charge in [-0.25, -0.2) is 14.0 Å². The average Bonchev–Trinajstić information content (AvgIpc) is 2.24. The molecule has 2 amide bonds. The third-order valence-electron chi connectivity index (χ3n) is 2.35. The number of aryl methyl sites for hydroxylation is 1. The van der Waals surface area contributed by atoms with Crippen molar-refractivity contribution >= 4 is 17.7 Å². The van der Waals surface area contributed by atoms with Gasteiger partial charge in [0.05, 0.1) is 6.54 Å². The van der Waals surface area contributed by atoms with Crippen LogP contribution in [0.15, 0.2) is 18.2 Å². The van der Waals surface area contributed by atoms with E-state index in [9.17, 15) is 19.1 Å². The van der Waals surface area contributed by atoms with Crippen LogP contribution in [0.1, 0.15) is 12.5 Å². The number of hydrogen-bond donors (Lipinski definition) is 4. The second kappa shape index (κ2) is 5.66. The Morgan fingerprint density at radius 3 is 2.53 bits per heavy atom. The molecule has 1 rings (SSSR count). The molecule has 19 heavy (non-hydrogen) atoms. The number of hydrogen-bond acceptors (Lipinski definition) is 3. The molecule has 0 fully saturated rings. The van der Waals surface area contributed by atoms with Crippen LogP contribution in [0.2, 0.25) is 0 Å². The van der Waals surface area contributed by atoms with Crippen LogP contribution in [0.25, 0.3) is 0 Å². The van der Waals surface area contributed by atoms with Crippen LogP contribution in [0.5, 0.6) is 0 Å². The highest BCUT2D eigenvalue weighted by Gasteiger charge is 2.30. The van der Waals surface area contributed by atoms with Gasteiger partial charge in [0.1, 0.15) is 5.82 Å². The fraction of sp³-hybridized carbons (Fsp3) is 0.333. The van der Waals surface area contributed by atoms with Crippen molar-refractivity contribution in [2.24, 2.45) is 0 Å². The maximum absolute atomic E-state index is 13.1. The summed E-state index contributed by atoms with van der Waals surface area (Å²) in [7, 11) is 0. The number of rotatable bonds is 4. The van der Waals surface area contributed by atoms with E-state index in [2.05, 4.69) is 10.6 Å². The number of anilines is 1. The molecular weight excluding hydrogens is 255 g/mol. The number of carbonyl (C=O) groups excluding carboxylic acids is 1. The lowest BCUT2D eigenvalue weighted by molar-refractivity contribution is -0.155. The Morgan fingerprint density at radius 2 is 2.00 bits per heavy atom. The standard InChI is InChI=1S/C12H15FN2O4/c1-7-3-8(13)5-9(4-7)15-11(18)14-6-12(2,19)10(16)17/h3-5,19H,6H2,1-2H3,(H,16,17)(H2,14,15,18). The van der Waals surface area contributed by atoms with Gasteiger partial charge in [-0.1, -0.05) is 0 Å². The van der Waals surface area contributed by atoms with Crippen LogP contribution in [0.3, 0.4) is 0 Å². The van der Waals surface area contributed by atoms with E-state index in [-0.39, 0.29) is 5.69 Å². The molecule has 4 N–H and O–H groups in total. The molecule has 7 heteroatoms. The van der Waals surface area contributed by atoms with Gasteiger partial charge < -0.3 is 20.8 Å². The number of benzene rings is 1. The predicted molar refractivity (Wildman–Crippen MR) is 66.4 cm³/mol. The topological polar surface area (TPSA) is 98.7 Å². The zero-order valence-corrected chi connectivity index (χ0v) is 10.5. The summed E-state index contributed by atoms with van der Waals surface area (Å²) in [6, 6.07) is 3.25. The van der Waals surface area contributed by atoms with Crippen LogP contribution < -0.4 is 10.6 Å². The van der Waals surface area contributed by atoms with Gasteiger partial charge in [0.25, 0.3) is 0 Å².